The van der Waals surface area contributed by atoms with Gasteiger partial charge in [-0.2, -0.15) is 5.26 Å². The number of ketones is 2. The van der Waals surface area contributed by atoms with Crippen molar-refractivity contribution >= 4 is 17.5 Å². The minimum atomic E-state index is -1.16. The number of nitriles is 1. The first-order valence-electron chi connectivity index (χ1n) is 7.10. The lowest BCUT2D eigenvalue weighted by Crippen LogP contribution is -2.30. The summed E-state index contributed by atoms with van der Waals surface area (Å²) in [6.07, 6.45) is 0. The van der Waals surface area contributed by atoms with Gasteiger partial charge in [-0.1, -0.05) is 6.07 Å². The van der Waals surface area contributed by atoms with Crippen LogP contribution in [0.3, 0.4) is 0 Å². The van der Waals surface area contributed by atoms with Gasteiger partial charge in [0.25, 0.3) is 5.91 Å². The van der Waals surface area contributed by atoms with E-state index in [9.17, 15) is 19.5 Å². The van der Waals surface area contributed by atoms with Gasteiger partial charge in [-0.15, -0.1) is 0 Å². The third-order valence-electron chi connectivity index (χ3n) is 3.71. The van der Waals surface area contributed by atoms with Gasteiger partial charge in [0.15, 0.2) is 11.5 Å². The van der Waals surface area contributed by atoms with Gasteiger partial charge in [-0.25, -0.2) is 0 Å². The predicted molar refractivity (Wildman–Crippen MR) is 78.5 cm³/mol. The number of Topliss-reactive ketones (excluding diaryl/α,β-unsaturated/α-hetero) is 2. The van der Waals surface area contributed by atoms with E-state index in [1.807, 2.05) is 6.07 Å². The Bertz CT molecular complexity index is 707. The summed E-state index contributed by atoms with van der Waals surface area (Å²) in [5, 5.41) is 18.7. The summed E-state index contributed by atoms with van der Waals surface area (Å²) in [4.78, 5) is 37.1. The molecule has 1 amide bonds. The van der Waals surface area contributed by atoms with Crippen LogP contribution in [0.2, 0.25) is 0 Å². The quantitative estimate of drug-likeness (QED) is 0.493. The van der Waals surface area contributed by atoms with Crippen molar-refractivity contribution in [2.75, 3.05) is 13.2 Å². The average Bonchev–Trinajstić information content (AvgIpc) is 2.75. The molecule has 1 aromatic carbocycles. The topological polar surface area (TPSA) is 108 Å². The molecule has 1 saturated heterocycles. The summed E-state index contributed by atoms with van der Waals surface area (Å²) < 4.78 is 5.29. The smallest absolute Gasteiger partial charge is 0.292 e. The monoisotopic (exact) mass is 316 g/mol. The summed E-state index contributed by atoms with van der Waals surface area (Å²) in [5.41, 5.74) is 0.459. The molecular formula is C16H16N2O5. The molecule has 0 saturated carbocycles. The van der Waals surface area contributed by atoms with E-state index in [2.05, 4.69) is 0 Å². The number of carbonyl (C=O) groups is 3. The highest BCUT2D eigenvalue weighted by Crippen LogP contribution is 2.39. The second kappa shape index (κ2) is 6.48. The summed E-state index contributed by atoms with van der Waals surface area (Å²) in [6, 6.07) is 5.32. The Morgan fingerprint density at radius 2 is 2.13 bits per heavy atom. The summed E-state index contributed by atoms with van der Waals surface area (Å²) in [6.45, 7) is 3.00. The van der Waals surface area contributed by atoms with E-state index in [4.69, 9.17) is 10.00 Å². The van der Waals surface area contributed by atoms with Gasteiger partial charge in [-0.3, -0.25) is 14.4 Å². The highest BCUT2D eigenvalue weighted by atomic mass is 16.5. The van der Waals surface area contributed by atoms with Crippen LogP contribution in [-0.4, -0.2) is 40.6 Å². The fraction of sp³-hybridized carbons (Fsp3) is 0.375. The van der Waals surface area contributed by atoms with Crippen molar-refractivity contribution in [1.82, 2.24) is 4.90 Å². The van der Waals surface area contributed by atoms with E-state index in [1.165, 1.54) is 25.1 Å². The zero-order valence-corrected chi connectivity index (χ0v) is 12.8. The SMILES string of the molecule is CCOc1cc(C2C(C(C)=O)C(=O)C(=O)N2CC#N)ccc1O. The molecule has 7 nitrogen and oxygen atoms in total. The number of hydrogen-bond donors (Lipinski definition) is 1. The van der Waals surface area contributed by atoms with E-state index in [-0.39, 0.29) is 18.0 Å². The van der Waals surface area contributed by atoms with Gasteiger partial charge < -0.3 is 14.7 Å². The molecule has 0 bridgehead atoms. The van der Waals surface area contributed by atoms with Gasteiger partial charge in [0.1, 0.15) is 18.2 Å². The summed E-state index contributed by atoms with van der Waals surface area (Å²) >= 11 is 0. The zero-order valence-electron chi connectivity index (χ0n) is 12.8. The molecule has 1 aromatic rings. The molecule has 7 heteroatoms. The van der Waals surface area contributed by atoms with Crippen LogP contribution < -0.4 is 4.74 Å². The number of nitrogens with zero attached hydrogens (tertiary/aromatic N) is 2. The Morgan fingerprint density at radius 1 is 1.43 bits per heavy atom. The number of amides is 1. The van der Waals surface area contributed by atoms with Crippen molar-refractivity contribution in [2.24, 2.45) is 5.92 Å². The van der Waals surface area contributed by atoms with Gasteiger partial charge in [-0.05, 0) is 31.5 Å². The van der Waals surface area contributed by atoms with Crippen LogP contribution in [0.25, 0.3) is 0 Å². The normalized spacial score (nSPS) is 20.5. The van der Waals surface area contributed by atoms with Crippen LogP contribution in [0.4, 0.5) is 0 Å². The number of benzene rings is 1. The van der Waals surface area contributed by atoms with E-state index < -0.39 is 29.4 Å². The van der Waals surface area contributed by atoms with Crippen molar-refractivity contribution < 1.29 is 24.2 Å². The van der Waals surface area contributed by atoms with E-state index in [0.29, 0.717) is 12.2 Å². The fourth-order valence-corrected chi connectivity index (χ4v) is 2.74. The molecule has 0 aliphatic carbocycles. The molecule has 120 valence electrons. The van der Waals surface area contributed by atoms with Crippen molar-refractivity contribution in [3.63, 3.8) is 0 Å². The van der Waals surface area contributed by atoms with Crippen molar-refractivity contribution in [3.05, 3.63) is 23.8 Å². The molecule has 2 unspecified atom stereocenters. The molecule has 0 aromatic heterocycles. The molecule has 23 heavy (non-hydrogen) atoms. The van der Waals surface area contributed by atoms with Crippen LogP contribution in [0.15, 0.2) is 18.2 Å². The maximum absolute atomic E-state index is 12.1. The average molecular weight is 316 g/mol. The molecule has 1 aliphatic heterocycles. The third-order valence-corrected chi connectivity index (χ3v) is 3.71. The van der Waals surface area contributed by atoms with Crippen LogP contribution in [0.1, 0.15) is 25.5 Å². The number of hydrogen-bond acceptors (Lipinski definition) is 6. The van der Waals surface area contributed by atoms with E-state index in [0.717, 1.165) is 4.90 Å². The molecule has 1 heterocycles. The first kappa shape index (κ1) is 16.5. The Hall–Kier alpha value is -2.88. The Kier molecular flexibility index (Phi) is 4.65. The highest BCUT2D eigenvalue weighted by molar-refractivity contribution is 6.42. The molecule has 2 atom stereocenters. The van der Waals surface area contributed by atoms with Crippen LogP contribution in [-0.2, 0) is 14.4 Å². The first-order valence-corrected chi connectivity index (χ1v) is 7.10. The summed E-state index contributed by atoms with van der Waals surface area (Å²) in [7, 11) is 0. The van der Waals surface area contributed by atoms with Crippen molar-refractivity contribution in [2.45, 2.75) is 19.9 Å². The van der Waals surface area contributed by atoms with Gasteiger partial charge in [0.2, 0.25) is 5.78 Å². The number of rotatable bonds is 5. The standard InChI is InChI=1S/C16H16N2O5/c1-3-23-12-8-10(4-5-11(12)20)14-13(9(2)19)15(21)16(22)18(14)7-6-17/h4-5,8,13-14,20H,3,7H2,1-2H3. The van der Waals surface area contributed by atoms with Crippen LogP contribution in [0, 0.1) is 17.2 Å². The number of aromatic hydroxyl groups is 1. The van der Waals surface area contributed by atoms with Crippen LogP contribution >= 0.6 is 0 Å². The molecule has 0 spiro atoms. The maximum atomic E-state index is 12.1. The molecular weight excluding hydrogens is 300 g/mol. The minimum absolute atomic E-state index is 0.0857. The molecule has 2 rings (SSSR count). The maximum Gasteiger partial charge on any atom is 0.292 e. The summed E-state index contributed by atoms with van der Waals surface area (Å²) in [5.74, 6) is -3.16. The van der Waals surface area contributed by atoms with Gasteiger partial charge in [0, 0.05) is 0 Å². The number of phenols is 1. The largest absolute Gasteiger partial charge is 0.504 e. The predicted octanol–water partition coefficient (Wildman–Crippen LogP) is 0.972. The Balaban J connectivity index is 2.53. The van der Waals surface area contributed by atoms with E-state index in [1.54, 1.807) is 6.92 Å². The molecule has 1 fully saturated rings. The zero-order chi connectivity index (χ0) is 17.1. The number of ether oxygens (including phenoxy) is 1. The fourth-order valence-electron chi connectivity index (χ4n) is 2.74. The molecule has 0 radical (unpaired) electrons. The molecule has 1 N–H and O–H groups in total. The molecule has 1 aliphatic rings. The highest BCUT2D eigenvalue weighted by Gasteiger charge is 2.50. The van der Waals surface area contributed by atoms with E-state index >= 15 is 0 Å². The second-order valence-electron chi connectivity index (χ2n) is 5.15. The number of likely N-dealkylation sites (tertiary alicyclic amines) is 1. The van der Waals surface area contributed by atoms with Crippen LogP contribution in [0.5, 0.6) is 11.5 Å². The number of phenolic OH excluding ortho intramolecular Hbond substituents is 1. The minimum Gasteiger partial charge on any atom is -0.504 e. The van der Waals surface area contributed by atoms with Crippen molar-refractivity contribution in [3.8, 4) is 17.6 Å². The van der Waals surface area contributed by atoms with Gasteiger partial charge >= 0.3 is 0 Å². The lowest BCUT2D eigenvalue weighted by Gasteiger charge is -2.25. The third kappa shape index (κ3) is 2.88. The Morgan fingerprint density at radius 3 is 2.70 bits per heavy atom. The van der Waals surface area contributed by atoms with Crippen molar-refractivity contribution in [1.29, 1.82) is 5.26 Å². The lowest BCUT2D eigenvalue weighted by molar-refractivity contribution is -0.141. The second-order valence-corrected chi connectivity index (χ2v) is 5.15. The lowest BCUT2D eigenvalue weighted by atomic mass is 9.89. The Labute approximate surface area is 133 Å². The van der Waals surface area contributed by atoms with Gasteiger partial charge in [0.05, 0.1) is 18.7 Å². The first-order chi connectivity index (χ1) is 10.9. The number of carbonyl (C=O) groups excluding carboxylic acids is 3.